The summed E-state index contributed by atoms with van der Waals surface area (Å²) in [6, 6.07) is 0. The molecule has 0 aromatic heterocycles. The van der Waals surface area contributed by atoms with Crippen molar-refractivity contribution in [1.82, 2.24) is 0 Å². The van der Waals surface area contributed by atoms with Crippen LogP contribution in [-0.2, 0) is 0 Å². The van der Waals surface area contributed by atoms with Gasteiger partial charge in [0.2, 0.25) is 0 Å². The zero-order valence-corrected chi connectivity index (χ0v) is 10.2. The van der Waals surface area contributed by atoms with Crippen LogP contribution in [0.2, 0.25) is 0 Å². The van der Waals surface area contributed by atoms with Crippen LogP contribution in [0, 0.1) is 0 Å². The van der Waals surface area contributed by atoms with Crippen molar-refractivity contribution in [1.29, 1.82) is 0 Å². The minimum absolute atomic E-state index is 0.486. The first-order valence-electron chi connectivity index (χ1n) is 5.93. The quantitative estimate of drug-likeness (QED) is 0.455. The first-order valence-corrected chi connectivity index (χ1v) is 6.40. The summed E-state index contributed by atoms with van der Waals surface area (Å²) in [5.74, 6) is 0. The summed E-state index contributed by atoms with van der Waals surface area (Å²) < 4.78 is 0. The van der Waals surface area contributed by atoms with E-state index in [1.807, 2.05) is 0 Å². The summed E-state index contributed by atoms with van der Waals surface area (Å²) in [6.45, 7) is 4.40. The average Bonchev–Trinajstić information content (AvgIpc) is 2.09. The van der Waals surface area contributed by atoms with E-state index in [0.29, 0.717) is 5.25 Å². The van der Waals surface area contributed by atoms with Crippen molar-refractivity contribution in [2.45, 2.75) is 76.9 Å². The Kier molecular flexibility index (Phi) is 10.7. The molecule has 1 heteroatoms. The van der Waals surface area contributed by atoms with Crippen LogP contribution in [-0.4, -0.2) is 5.25 Å². The zero-order valence-electron chi connectivity index (χ0n) is 9.35. The van der Waals surface area contributed by atoms with E-state index in [4.69, 9.17) is 12.6 Å². The molecule has 0 bridgehead atoms. The summed E-state index contributed by atoms with van der Waals surface area (Å²) in [4.78, 5) is 0. The first-order chi connectivity index (χ1) is 6.27. The Hall–Kier alpha value is 0.350. The topological polar surface area (TPSA) is 0 Å². The second-order valence-electron chi connectivity index (χ2n) is 4.07. The third-order valence-electron chi connectivity index (χ3n) is 2.46. The Morgan fingerprint density at radius 1 is 0.846 bits per heavy atom. The molecule has 0 heterocycles. The summed E-state index contributed by atoms with van der Waals surface area (Å²) in [6.07, 6.45) is 12.5. The molecule has 0 fully saturated rings. The highest BCUT2D eigenvalue weighted by atomic mass is 32.1. The van der Waals surface area contributed by atoms with Crippen molar-refractivity contribution < 1.29 is 0 Å². The normalized spacial score (nSPS) is 13.2. The van der Waals surface area contributed by atoms with Crippen molar-refractivity contribution in [3.8, 4) is 0 Å². The van der Waals surface area contributed by atoms with Gasteiger partial charge in [-0.3, -0.25) is 0 Å². The highest BCUT2D eigenvalue weighted by molar-refractivity contribution is 7.80. The molecule has 0 aromatic rings. The largest absolute Gasteiger partial charge is 0.0907 e. The molecular weight excluding hydrogens is 176 g/mol. The molecule has 0 nitrogen and oxygen atoms in total. The predicted molar refractivity (Wildman–Crippen MR) is 64.3 cm³/mol. The molecule has 0 amide bonds. The molecule has 1 atom stereocenters. The molecular formula is C12H25S. The SMILES string of the molecule is CCCCCCCCCCC(C)[S]. The Morgan fingerprint density at radius 2 is 1.31 bits per heavy atom. The lowest BCUT2D eigenvalue weighted by Gasteiger charge is -2.02. The molecule has 0 aromatic carbocycles. The van der Waals surface area contributed by atoms with Gasteiger partial charge in [0, 0.05) is 5.25 Å². The summed E-state index contributed by atoms with van der Waals surface area (Å²) in [7, 11) is 0. The second kappa shape index (κ2) is 10.4. The lowest BCUT2D eigenvalue weighted by molar-refractivity contribution is 0.565. The van der Waals surface area contributed by atoms with Gasteiger partial charge in [-0.1, -0.05) is 77.8 Å². The van der Waals surface area contributed by atoms with Crippen LogP contribution in [0.25, 0.3) is 0 Å². The minimum Gasteiger partial charge on any atom is -0.0907 e. The molecule has 79 valence electrons. The highest BCUT2D eigenvalue weighted by Gasteiger charge is 1.95. The van der Waals surface area contributed by atoms with Crippen LogP contribution in [0.15, 0.2) is 0 Å². The molecule has 0 aliphatic heterocycles. The minimum atomic E-state index is 0.486. The predicted octanol–water partition coefficient (Wildman–Crippen LogP) is 5.10. The molecule has 0 N–H and O–H groups in total. The lowest BCUT2D eigenvalue weighted by Crippen LogP contribution is -1.90. The molecule has 1 unspecified atom stereocenters. The van der Waals surface area contributed by atoms with E-state index in [1.54, 1.807) is 0 Å². The van der Waals surface area contributed by atoms with Crippen molar-refractivity contribution in [3.63, 3.8) is 0 Å². The van der Waals surface area contributed by atoms with Crippen LogP contribution in [0.5, 0.6) is 0 Å². The van der Waals surface area contributed by atoms with Gasteiger partial charge in [0.25, 0.3) is 0 Å². The molecule has 0 saturated carbocycles. The third-order valence-corrected chi connectivity index (χ3v) is 2.70. The maximum Gasteiger partial charge on any atom is 0.0123 e. The molecule has 0 rings (SSSR count). The van der Waals surface area contributed by atoms with Gasteiger partial charge in [-0.15, -0.1) is 0 Å². The van der Waals surface area contributed by atoms with Gasteiger partial charge in [-0.2, -0.15) is 0 Å². The maximum atomic E-state index is 5.11. The van der Waals surface area contributed by atoms with Gasteiger partial charge in [-0.05, 0) is 6.42 Å². The zero-order chi connectivity index (χ0) is 9.94. The van der Waals surface area contributed by atoms with Gasteiger partial charge in [0.1, 0.15) is 0 Å². The number of hydrogen-bond acceptors (Lipinski definition) is 0. The van der Waals surface area contributed by atoms with E-state index in [2.05, 4.69) is 13.8 Å². The highest BCUT2D eigenvalue weighted by Crippen LogP contribution is 2.11. The molecule has 0 aliphatic rings. The van der Waals surface area contributed by atoms with Crippen molar-refractivity contribution in [2.24, 2.45) is 0 Å². The van der Waals surface area contributed by atoms with Crippen LogP contribution in [0.4, 0.5) is 0 Å². The van der Waals surface area contributed by atoms with E-state index in [1.165, 1.54) is 57.8 Å². The lowest BCUT2D eigenvalue weighted by atomic mass is 10.1. The van der Waals surface area contributed by atoms with Crippen LogP contribution in [0.3, 0.4) is 0 Å². The fourth-order valence-corrected chi connectivity index (χ4v) is 1.73. The smallest absolute Gasteiger partial charge is 0.0123 e. The number of rotatable bonds is 9. The Morgan fingerprint density at radius 3 is 1.77 bits per heavy atom. The fraction of sp³-hybridized carbons (Fsp3) is 1.00. The van der Waals surface area contributed by atoms with Gasteiger partial charge in [0.15, 0.2) is 0 Å². The van der Waals surface area contributed by atoms with E-state index in [9.17, 15) is 0 Å². The molecule has 1 radical (unpaired) electrons. The molecule has 0 saturated heterocycles. The molecule has 0 spiro atoms. The number of hydrogen-bond donors (Lipinski definition) is 0. The molecule has 0 aliphatic carbocycles. The van der Waals surface area contributed by atoms with Crippen molar-refractivity contribution >= 4 is 12.6 Å². The van der Waals surface area contributed by atoms with Gasteiger partial charge in [0.05, 0.1) is 0 Å². The van der Waals surface area contributed by atoms with E-state index < -0.39 is 0 Å². The number of unbranched alkanes of at least 4 members (excludes halogenated alkanes) is 7. The van der Waals surface area contributed by atoms with Crippen molar-refractivity contribution in [2.75, 3.05) is 0 Å². The van der Waals surface area contributed by atoms with E-state index in [0.717, 1.165) is 0 Å². The summed E-state index contributed by atoms with van der Waals surface area (Å²) >= 11 is 5.11. The van der Waals surface area contributed by atoms with E-state index >= 15 is 0 Å². The first kappa shape index (κ1) is 13.4. The second-order valence-corrected chi connectivity index (χ2v) is 4.88. The monoisotopic (exact) mass is 201 g/mol. The van der Waals surface area contributed by atoms with Crippen molar-refractivity contribution in [3.05, 3.63) is 0 Å². The third kappa shape index (κ3) is 12.4. The summed E-state index contributed by atoms with van der Waals surface area (Å²) in [5.41, 5.74) is 0. The Bertz CT molecular complexity index is 89.1. The Balaban J connectivity index is 2.84. The Labute approximate surface area is 89.9 Å². The fourth-order valence-electron chi connectivity index (χ4n) is 1.57. The van der Waals surface area contributed by atoms with Gasteiger partial charge >= 0.3 is 0 Å². The van der Waals surface area contributed by atoms with Gasteiger partial charge in [-0.25, -0.2) is 0 Å². The average molecular weight is 201 g/mol. The van der Waals surface area contributed by atoms with E-state index in [-0.39, 0.29) is 0 Å². The van der Waals surface area contributed by atoms with Crippen LogP contribution >= 0.6 is 12.6 Å². The summed E-state index contributed by atoms with van der Waals surface area (Å²) in [5, 5.41) is 0.486. The maximum absolute atomic E-state index is 5.11. The van der Waals surface area contributed by atoms with Crippen LogP contribution in [0.1, 0.15) is 71.6 Å². The molecule has 13 heavy (non-hydrogen) atoms. The van der Waals surface area contributed by atoms with Gasteiger partial charge < -0.3 is 0 Å². The van der Waals surface area contributed by atoms with Crippen LogP contribution < -0.4 is 0 Å². The standard InChI is InChI=1S/C12H25S/c1-3-4-5-6-7-8-9-10-11-12(2)13/h12H,3-11H2,1-2H3.